The zero-order valence-corrected chi connectivity index (χ0v) is 13.9. The lowest BCUT2D eigenvalue weighted by Gasteiger charge is -2.38. The van der Waals surface area contributed by atoms with Crippen LogP contribution in [0.3, 0.4) is 0 Å². The van der Waals surface area contributed by atoms with Gasteiger partial charge in [0, 0.05) is 37.8 Å². The Kier molecular flexibility index (Phi) is 4.97. The molecule has 0 spiro atoms. The summed E-state index contributed by atoms with van der Waals surface area (Å²) in [6.45, 7) is 7.71. The van der Waals surface area contributed by atoms with Crippen molar-refractivity contribution in [2.75, 3.05) is 26.2 Å². The summed E-state index contributed by atoms with van der Waals surface area (Å²) in [5, 5.41) is 0. The number of ether oxygens (including phenoxy) is 1. The molecule has 0 aromatic heterocycles. The Morgan fingerprint density at radius 2 is 1.87 bits per heavy atom. The molecule has 0 N–H and O–H groups in total. The fourth-order valence-corrected chi connectivity index (χ4v) is 3.78. The molecule has 2 saturated heterocycles. The smallest absolute Gasteiger partial charge is 0.254 e. The fourth-order valence-electron chi connectivity index (χ4n) is 3.78. The third-order valence-corrected chi connectivity index (χ3v) is 4.69. The van der Waals surface area contributed by atoms with Crippen LogP contribution >= 0.6 is 0 Å². The SMILES string of the molecule is C[C@@H]1CN(C[C@@H]2CCCN2C(=O)c2ccc(F)cc2)C[C@@H](C)O1. The van der Waals surface area contributed by atoms with Crippen molar-refractivity contribution in [3.63, 3.8) is 0 Å². The number of morpholine rings is 1. The summed E-state index contributed by atoms with van der Waals surface area (Å²) in [5.41, 5.74) is 0.571. The first-order valence-electron chi connectivity index (χ1n) is 8.47. The maximum atomic E-state index is 13.0. The van der Waals surface area contributed by atoms with Crippen molar-refractivity contribution >= 4 is 5.91 Å². The van der Waals surface area contributed by atoms with Gasteiger partial charge >= 0.3 is 0 Å². The minimum atomic E-state index is -0.309. The first-order valence-corrected chi connectivity index (χ1v) is 8.47. The number of carbonyl (C=O) groups excluding carboxylic acids is 1. The highest BCUT2D eigenvalue weighted by molar-refractivity contribution is 5.94. The average Bonchev–Trinajstić information content (AvgIpc) is 2.94. The van der Waals surface area contributed by atoms with Crippen LogP contribution in [-0.2, 0) is 4.74 Å². The molecule has 4 nitrogen and oxygen atoms in total. The van der Waals surface area contributed by atoms with Gasteiger partial charge in [0.1, 0.15) is 5.82 Å². The predicted octanol–water partition coefficient (Wildman–Crippen LogP) is 2.54. The maximum absolute atomic E-state index is 13.0. The predicted molar refractivity (Wildman–Crippen MR) is 86.9 cm³/mol. The first kappa shape index (κ1) is 16.4. The number of likely N-dealkylation sites (tertiary alicyclic amines) is 1. The lowest BCUT2D eigenvalue weighted by atomic mass is 10.1. The van der Waals surface area contributed by atoms with E-state index in [0.717, 1.165) is 39.0 Å². The van der Waals surface area contributed by atoms with Gasteiger partial charge in [0.15, 0.2) is 0 Å². The largest absolute Gasteiger partial charge is 0.373 e. The topological polar surface area (TPSA) is 32.8 Å². The van der Waals surface area contributed by atoms with E-state index in [0.29, 0.717) is 5.56 Å². The summed E-state index contributed by atoms with van der Waals surface area (Å²) in [7, 11) is 0. The van der Waals surface area contributed by atoms with Gasteiger partial charge in [-0.25, -0.2) is 4.39 Å². The van der Waals surface area contributed by atoms with Crippen LogP contribution in [0.5, 0.6) is 0 Å². The minimum absolute atomic E-state index is 0.0156. The zero-order chi connectivity index (χ0) is 16.4. The monoisotopic (exact) mass is 320 g/mol. The second-order valence-electron chi connectivity index (χ2n) is 6.78. The van der Waals surface area contributed by atoms with Crippen molar-refractivity contribution < 1.29 is 13.9 Å². The summed E-state index contributed by atoms with van der Waals surface area (Å²) >= 11 is 0. The van der Waals surface area contributed by atoms with Gasteiger partial charge in [0.25, 0.3) is 5.91 Å². The van der Waals surface area contributed by atoms with E-state index >= 15 is 0 Å². The normalized spacial score (nSPS) is 29.0. The fraction of sp³-hybridized carbons (Fsp3) is 0.611. The van der Waals surface area contributed by atoms with Crippen molar-refractivity contribution in [3.8, 4) is 0 Å². The summed E-state index contributed by atoms with van der Waals surface area (Å²) < 4.78 is 18.8. The van der Waals surface area contributed by atoms with Crippen LogP contribution in [0.15, 0.2) is 24.3 Å². The number of rotatable bonds is 3. The quantitative estimate of drug-likeness (QED) is 0.858. The lowest BCUT2D eigenvalue weighted by molar-refractivity contribution is -0.0715. The molecule has 23 heavy (non-hydrogen) atoms. The van der Waals surface area contributed by atoms with E-state index < -0.39 is 0 Å². The number of amides is 1. The first-order chi connectivity index (χ1) is 11.0. The highest BCUT2D eigenvalue weighted by atomic mass is 19.1. The Labute approximate surface area is 137 Å². The van der Waals surface area contributed by atoms with E-state index in [2.05, 4.69) is 18.7 Å². The molecular formula is C18H25FN2O2. The van der Waals surface area contributed by atoms with Gasteiger partial charge in [0.05, 0.1) is 12.2 Å². The maximum Gasteiger partial charge on any atom is 0.254 e. The Bertz CT molecular complexity index is 538. The van der Waals surface area contributed by atoms with Crippen LogP contribution < -0.4 is 0 Å². The number of halogens is 1. The molecule has 3 atom stereocenters. The molecule has 0 bridgehead atoms. The molecule has 3 rings (SSSR count). The van der Waals surface area contributed by atoms with E-state index in [-0.39, 0.29) is 30.0 Å². The highest BCUT2D eigenvalue weighted by Crippen LogP contribution is 2.22. The number of carbonyl (C=O) groups is 1. The van der Waals surface area contributed by atoms with Crippen LogP contribution in [0.2, 0.25) is 0 Å². The van der Waals surface area contributed by atoms with E-state index in [1.54, 1.807) is 12.1 Å². The summed E-state index contributed by atoms with van der Waals surface area (Å²) in [6.07, 6.45) is 2.54. The molecule has 2 heterocycles. The molecule has 0 radical (unpaired) electrons. The number of nitrogens with zero attached hydrogens (tertiary/aromatic N) is 2. The summed E-state index contributed by atoms with van der Waals surface area (Å²) in [5.74, 6) is -0.294. The summed E-state index contributed by atoms with van der Waals surface area (Å²) in [4.78, 5) is 17.1. The molecule has 2 aliphatic rings. The van der Waals surface area contributed by atoms with Crippen LogP contribution in [0.4, 0.5) is 4.39 Å². The van der Waals surface area contributed by atoms with Crippen molar-refractivity contribution in [1.29, 1.82) is 0 Å². The van der Waals surface area contributed by atoms with E-state index in [1.807, 2.05) is 4.90 Å². The van der Waals surface area contributed by atoms with Crippen LogP contribution in [0.25, 0.3) is 0 Å². The van der Waals surface area contributed by atoms with Crippen molar-refractivity contribution in [3.05, 3.63) is 35.6 Å². The Morgan fingerprint density at radius 3 is 2.52 bits per heavy atom. The van der Waals surface area contributed by atoms with E-state index in [9.17, 15) is 9.18 Å². The van der Waals surface area contributed by atoms with Gasteiger partial charge in [-0.3, -0.25) is 9.69 Å². The molecule has 0 unspecified atom stereocenters. The van der Waals surface area contributed by atoms with Crippen molar-refractivity contribution in [2.45, 2.75) is 44.9 Å². The van der Waals surface area contributed by atoms with Crippen LogP contribution in [-0.4, -0.2) is 60.1 Å². The van der Waals surface area contributed by atoms with Gasteiger partial charge in [-0.05, 0) is 51.0 Å². The second-order valence-corrected chi connectivity index (χ2v) is 6.78. The molecular weight excluding hydrogens is 295 g/mol. The third-order valence-electron chi connectivity index (χ3n) is 4.69. The minimum Gasteiger partial charge on any atom is -0.373 e. The highest BCUT2D eigenvalue weighted by Gasteiger charge is 2.32. The number of hydrogen-bond donors (Lipinski definition) is 0. The lowest BCUT2D eigenvalue weighted by Crippen LogP contribution is -2.50. The van der Waals surface area contributed by atoms with Crippen LogP contribution in [0.1, 0.15) is 37.0 Å². The van der Waals surface area contributed by atoms with Gasteiger partial charge in [-0.1, -0.05) is 0 Å². The molecule has 0 saturated carbocycles. The van der Waals surface area contributed by atoms with Gasteiger partial charge in [0.2, 0.25) is 0 Å². The van der Waals surface area contributed by atoms with Gasteiger partial charge in [-0.2, -0.15) is 0 Å². The van der Waals surface area contributed by atoms with Gasteiger partial charge in [-0.15, -0.1) is 0 Å². The second kappa shape index (κ2) is 6.97. The Morgan fingerprint density at radius 1 is 1.22 bits per heavy atom. The molecule has 0 aliphatic carbocycles. The average molecular weight is 320 g/mol. The molecule has 2 fully saturated rings. The van der Waals surface area contributed by atoms with E-state index in [1.165, 1.54) is 12.1 Å². The molecule has 1 aromatic carbocycles. The molecule has 2 aliphatic heterocycles. The Hall–Kier alpha value is -1.46. The molecule has 1 amide bonds. The Balaban J connectivity index is 1.65. The summed E-state index contributed by atoms with van der Waals surface area (Å²) in [6, 6.07) is 6.09. The third kappa shape index (κ3) is 3.90. The van der Waals surface area contributed by atoms with E-state index in [4.69, 9.17) is 4.74 Å². The molecule has 5 heteroatoms. The standard InChI is InChI=1S/C18H25FN2O2/c1-13-10-20(11-14(2)23-13)12-17-4-3-9-21(17)18(22)15-5-7-16(19)8-6-15/h5-8,13-14,17H,3-4,9-12H2,1-2H3/t13-,14-,17+/m1/s1. The number of benzene rings is 1. The number of hydrogen-bond acceptors (Lipinski definition) is 3. The van der Waals surface area contributed by atoms with Crippen LogP contribution in [0, 0.1) is 5.82 Å². The molecule has 126 valence electrons. The van der Waals surface area contributed by atoms with Crippen molar-refractivity contribution in [1.82, 2.24) is 9.80 Å². The molecule has 1 aromatic rings. The van der Waals surface area contributed by atoms with Gasteiger partial charge < -0.3 is 9.64 Å². The zero-order valence-electron chi connectivity index (χ0n) is 13.9. The van der Waals surface area contributed by atoms with Crippen molar-refractivity contribution in [2.24, 2.45) is 0 Å².